The van der Waals surface area contributed by atoms with Crippen LogP contribution in [0.1, 0.15) is 37.0 Å². The zero-order valence-corrected chi connectivity index (χ0v) is 10.2. The van der Waals surface area contributed by atoms with Crippen molar-refractivity contribution < 1.29 is 9.53 Å². The summed E-state index contributed by atoms with van der Waals surface area (Å²) < 4.78 is 5.43. The molecule has 4 nitrogen and oxygen atoms in total. The Morgan fingerprint density at radius 3 is 2.82 bits per heavy atom. The Balaban J connectivity index is 2.25. The van der Waals surface area contributed by atoms with E-state index in [1.807, 2.05) is 13.8 Å². The van der Waals surface area contributed by atoms with E-state index in [4.69, 9.17) is 10.5 Å². The smallest absolute Gasteiger partial charge is 0.257 e. The Bertz CT molecular complexity index is 439. The molecule has 4 heteroatoms. The molecule has 0 bridgehead atoms. The van der Waals surface area contributed by atoms with Crippen molar-refractivity contribution >= 4 is 11.6 Å². The molecule has 0 radical (unpaired) electrons. The molecule has 0 heterocycles. The molecule has 0 atom stereocenters. The van der Waals surface area contributed by atoms with Gasteiger partial charge in [-0.15, -0.1) is 0 Å². The van der Waals surface area contributed by atoms with Crippen molar-refractivity contribution in [2.45, 2.75) is 32.2 Å². The highest BCUT2D eigenvalue weighted by molar-refractivity contribution is 6.02. The number of hydrogen-bond donors (Lipinski definition) is 2. The third-order valence-corrected chi connectivity index (χ3v) is 3.00. The minimum atomic E-state index is -0.147. The predicted molar refractivity (Wildman–Crippen MR) is 67.1 cm³/mol. The Morgan fingerprint density at radius 1 is 1.53 bits per heavy atom. The van der Waals surface area contributed by atoms with Crippen LogP contribution in [0.4, 0.5) is 5.69 Å². The first-order valence-electron chi connectivity index (χ1n) is 5.89. The summed E-state index contributed by atoms with van der Waals surface area (Å²) in [5, 5.41) is 2.99. The second kappa shape index (κ2) is 4.28. The number of carbonyl (C=O) groups is 1. The van der Waals surface area contributed by atoms with Gasteiger partial charge in [-0.3, -0.25) is 4.79 Å². The van der Waals surface area contributed by atoms with Gasteiger partial charge < -0.3 is 15.8 Å². The number of nitrogens with two attached hydrogens (primary N) is 1. The summed E-state index contributed by atoms with van der Waals surface area (Å²) in [4.78, 5) is 12.1. The third-order valence-electron chi connectivity index (χ3n) is 3.00. The average Bonchev–Trinajstić information content (AvgIpc) is 2.96. The van der Waals surface area contributed by atoms with E-state index in [1.54, 1.807) is 18.2 Å². The van der Waals surface area contributed by atoms with Crippen LogP contribution >= 0.6 is 0 Å². The molecule has 3 N–H and O–H groups in total. The second-order valence-electron chi connectivity index (χ2n) is 4.67. The molecular formula is C13H18N2O2. The lowest BCUT2D eigenvalue weighted by molar-refractivity contribution is 0.0932. The fourth-order valence-corrected chi connectivity index (χ4v) is 1.72. The Labute approximate surface area is 101 Å². The van der Waals surface area contributed by atoms with Crippen LogP contribution in [0.5, 0.6) is 5.75 Å². The number of carbonyl (C=O) groups excluding carboxylic acids is 1. The number of nitrogen functional groups attached to an aromatic ring is 1. The minimum absolute atomic E-state index is 0.0527. The number of anilines is 1. The zero-order valence-electron chi connectivity index (χ0n) is 10.2. The van der Waals surface area contributed by atoms with Crippen LogP contribution in [-0.4, -0.2) is 18.1 Å². The average molecular weight is 234 g/mol. The SMILES string of the molecule is CCOc1cccc(N)c1C(=O)NC1(C)CC1. The van der Waals surface area contributed by atoms with Gasteiger partial charge in [-0.25, -0.2) is 0 Å². The quantitative estimate of drug-likeness (QED) is 0.783. The molecule has 2 rings (SSSR count). The maximum atomic E-state index is 12.1. The first-order valence-corrected chi connectivity index (χ1v) is 5.89. The number of amides is 1. The molecule has 1 amide bonds. The summed E-state index contributed by atoms with van der Waals surface area (Å²) in [6.45, 7) is 4.43. The van der Waals surface area contributed by atoms with E-state index >= 15 is 0 Å². The van der Waals surface area contributed by atoms with Crippen LogP contribution in [0.15, 0.2) is 18.2 Å². The van der Waals surface area contributed by atoms with Gasteiger partial charge in [0.15, 0.2) is 0 Å². The zero-order chi connectivity index (χ0) is 12.5. The lowest BCUT2D eigenvalue weighted by Crippen LogP contribution is -2.34. The molecule has 1 fully saturated rings. The van der Waals surface area contributed by atoms with Crippen LogP contribution in [0.2, 0.25) is 0 Å². The van der Waals surface area contributed by atoms with Crippen LogP contribution in [0.25, 0.3) is 0 Å². The minimum Gasteiger partial charge on any atom is -0.493 e. The van der Waals surface area contributed by atoms with Gasteiger partial charge in [-0.1, -0.05) is 6.07 Å². The van der Waals surface area contributed by atoms with Crippen molar-refractivity contribution in [1.29, 1.82) is 0 Å². The van der Waals surface area contributed by atoms with Crippen molar-refractivity contribution in [1.82, 2.24) is 5.32 Å². The fraction of sp³-hybridized carbons (Fsp3) is 0.462. The molecular weight excluding hydrogens is 216 g/mol. The first-order chi connectivity index (χ1) is 8.06. The summed E-state index contributed by atoms with van der Waals surface area (Å²) in [5.41, 5.74) is 6.70. The number of benzene rings is 1. The molecule has 0 aromatic heterocycles. The molecule has 92 valence electrons. The van der Waals surface area contributed by atoms with Crippen molar-refractivity contribution in [3.63, 3.8) is 0 Å². The second-order valence-corrected chi connectivity index (χ2v) is 4.67. The first kappa shape index (κ1) is 11.8. The summed E-state index contributed by atoms with van der Waals surface area (Å²) >= 11 is 0. The lowest BCUT2D eigenvalue weighted by atomic mass is 10.1. The van der Waals surface area contributed by atoms with Crippen molar-refractivity contribution in [3.8, 4) is 5.75 Å². The Hall–Kier alpha value is -1.71. The highest BCUT2D eigenvalue weighted by Crippen LogP contribution is 2.35. The van der Waals surface area contributed by atoms with Crippen LogP contribution < -0.4 is 15.8 Å². The molecule has 0 spiro atoms. The van der Waals surface area contributed by atoms with E-state index in [2.05, 4.69) is 5.32 Å². The Morgan fingerprint density at radius 2 is 2.24 bits per heavy atom. The van der Waals surface area contributed by atoms with Gasteiger partial charge in [0.1, 0.15) is 11.3 Å². The number of rotatable bonds is 4. The van der Waals surface area contributed by atoms with E-state index < -0.39 is 0 Å². The number of nitrogens with one attached hydrogen (secondary N) is 1. The highest BCUT2D eigenvalue weighted by atomic mass is 16.5. The predicted octanol–water partition coefficient (Wildman–Crippen LogP) is 1.95. The van der Waals surface area contributed by atoms with Gasteiger partial charge >= 0.3 is 0 Å². The third kappa shape index (κ3) is 2.52. The van der Waals surface area contributed by atoms with Crippen molar-refractivity contribution in [3.05, 3.63) is 23.8 Å². The standard InChI is InChI=1S/C13H18N2O2/c1-3-17-10-6-4-5-9(14)11(10)12(16)15-13(2)7-8-13/h4-6H,3,7-8,14H2,1-2H3,(H,15,16). The van der Waals surface area contributed by atoms with Gasteiger partial charge in [0.25, 0.3) is 5.91 Å². The molecule has 1 aromatic carbocycles. The van der Waals surface area contributed by atoms with Gasteiger partial charge in [-0.05, 0) is 38.8 Å². The van der Waals surface area contributed by atoms with E-state index in [9.17, 15) is 4.79 Å². The van der Waals surface area contributed by atoms with E-state index in [1.165, 1.54) is 0 Å². The summed E-state index contributed by atoms with van der Waals surface area (Å²) in [7, 11) is 0. The summed E-state index contributed by atoms with van der Waals surface area (Å²) in [6, 6.07) is 5.27. The maximum Gasteiger partial charge on any atom is 0.257 e. The molecule has 17 heavy (non-hydrogen) atoms. The van der Waals surface area contributed by atoms with Crippen molar-refractivity contribution in [2.75, 3.05) is 12.3 Å². The van der Waals surface area contributed by atoms with E-state index in [0.717, 1.165) is 12.8 Å². The summed E-state index contributed by atoms with van der Waals surface area (Å²) in [6.07, 6.45) is 2.05. The normalized spacial score (nSPS) is 16.4. The van der Waals surface area contributed by atoms with Gasteiger partial charge in [-0.2, -0.15) is 0 Å². The van der Waals surface area contributed by atoms with Gasteiger partial charge in [0.05, 0.1) is 6.61 Å². The molecule has 0 saturated heterocycles. The molecule has 0 aliphatic heterocycles. The topological polar surface area (TPSA) is 64.3 Å². The summed E-state index contributed by atoms with van der Waals surface area (Å²) in [5.74, 6) is 0.404. The largest absolute Gasteiger partial charge is 0.493 e. The molecule has 0 unspecified atom stereocenters. The van der Waals surface area contributed by atoms with Crippen LogP contribution in [0.3, 0.4) is 0 Å². The lowest BCUT2D eigenvalue weighted by Gasteiger charge is -2.15. The molecule has 1 saturated carbocycles. The molecule has 1 aromatic rings. The van der Waals surface area contributed by atoms with E-state index in [0.29, 0.717) is 23.6 Å². The molecule has 1 aliphatic rings. The fourth-order valence-electron chi connectivity index (χ4n) is 1.72. The Kier molecular flexibility index (Phi) is 2.96. The number of hydrogen-bond acceptors (Lipinski definition) is 3. The van der Waals surface area contributed by atoms with Crippen molar-refractivity contribution in [2.24, 2.45) is 0 Å². The monoisotopic (exact) mass is 234 g/mol. The molecule has 1 aliphatic carbocycles. The van der Waals surface area contributed by atoms with Crippen LogP contribution in [-0.2, 0) is 0 Å². The van der Waals surface area contributed by atoms with E-state index in [-0.39, 0.29) is 11.4 Å². The number of ether oxygens (including phenoxy) is 1. The maximum absolute atomic E-state index is 12.1. The highest BCUT2D eigenvalue weighted by Gasteiger charge is 2.39. The van der Waals surface area contributed by atoms with Crippen LogP contribution in [0, 0.1) is 0 Å². The van der Waals surface area contributed by atoms with Gasteiger partial charge in [0, 0.05) is 11.2 Å². The van der Waals surface area contributed by atoms with Gasteiger partial charge in [0.2, 0.25) is 0 Å².